The molecular weight excluding hydrogens is 336 g/mol. The molecule has 0 aliphatic carbocycles. The largest absolute Gasteiger partial charge is 0.493 e. The lowest BCUT2D eigenvalue weighted by molar-refractivity contribution is 0.352. The number of benzene rings is 1. The smallest absolute Gasteiger partial charge is 0.127 e. The molecule has 3 rings (SSSR count). The van der Waals surface area contributed by atoms with Gasteiger partial charge < -0.3 is 10.1 Å². The summed E-state index contributed by atoms with van der Waals surface area (Å²) in [5, 5.41) is 12.2. The molecule has 1 aliphatic heterocycles. The van der Waals surface area contributed by atoms with E-state index in [1.165, 1.54) is 27.3 Å². The molecule has 0 radical (unpaired) electrons. The van der Waals surface area contributed by atoms with Crippen LogP contribution in [-0.2, 0) is 19.5 Å². The highest BCUT2D eigenvalue weighted by Crippen LogP contribution is 2.32. The molecule has 1 aliphatic rings. The number of nitrogens with one attached hydrogen (secondary N) is 1. The molecule has 0 bridgehead atoms. The van der Waals surface area contributed by atoms with Gasteiger partial charge in [0.2, 0.25) is 0 Å². The molecule has 0 amide bonds. The van der Waals surface area contributed by atoms with Crippen molar-refractivity contribution in [3.63, 3.8) is 0 Å². The Kier molecular flexibility index (Phi) is 4.06. The lowest BCUT2D eigenvalue weighted by atomic mass is 10.1. The maximum atomic E-state index is 8.81. The SMILES string of the molecule is N#Cc1ccc(CNCc2cc(Br)cc3c2OCC3)s1. The summed E-state index contributed by atoms with van der Waals surface area (Å²) in [7, 11) is 0. The van der Waals surface area contributed by atoms with Crippen molar-refractivity contribution in [2.24, 2.45) is 0 Å². The number of fused-ring (bicyclic) bond motifs is 1. The Labute approximate surface area is 130 Å². The van der Waals surface area contributed by atoms with E-state index in [2.05, 4.69) is 39.4 Å². The summed E-state index contributed by atoms with van der Waals surface area (Å²) in [6.45, 7) is 2.31. The molecule has 0 atom stereocenters. The van der Waals surface area contributed by atoms with Crippen LogP contribution in [0.5, 0.6) is 5.75 Å². The zero-order valence-corrected chi connectivity index (χ0v) is 13.2. The van der Waals surface area contributed by atoms with E-state index in [1.54, 1.807) is 0 Å². The van der Waals surface area contributed by atoms with Crippen LogP contribution in [-0.4, -0.2) is 6.61 Å². The first-order chi connectivity index (χ1) is 9.76. The van der Waals surface area contributed by atoms with E-state index in [-0.39, 0.29) is 0 Å². The number of nitriles is 1. The van der Waals surface area contributed by atoms with Crippen molar-refractivity contribution in [2.45, 2.75) is 19.5 Å². The van der Waals surface area contributed by atoms with Crippen LogP contribution in [0.1, 0.15) is 20.9 Å². The van der Waals surface area contributed by atoms with Crippen molar-refractivity contribution < 1.29 is 4.74 Å². The zero-order valence-electron chi connectivity index (χ0n) is 10.8. The third-order valence-corrected chi connectivity index (χ3v) is 4.66. The minimum atomic E-state index is 0.758. The van der Waals surface area contributed by atoms with E-state index >= 15 is 0 Å². The van der Waals surface area contributed by atoms with Gasteiger partial charge in [-0.15, -0.1) is 11.3 Å². The molecule has 20 heavy (non-hydrogen) atoms. The maximum absolute atomic E-state index is 8.81. The predicted octanol–water partition coefficient (Wildman–Crippen LogP) is 3.61. The van der Waals surface area contributed by atoms with Gasteiger partial charge in [0, 0.05) is 34.4 Å². The third-order valence-electron chi connectivity index (χ3n) is 3.21. The number of thiophene rings is 1. The number of rotatable bonds is 4. The van der Waals surface area contributed by atoms with Crippen molar-refractivity contribution >= 4 is 27.3 Å². The standard InChI is InChI=1S/C15H13BrN2OS/c16-12-5-10-3-4-19-15(10)11(6-12)8-18-9-14-2-1-13(7-17)20-14/h1-2,5-6,18H,3-4,8-9H2. The maximum Gasteiger partial charge on any atom is 0.127 e. The molecule has 5 heteroatoms. The van der Waals surface area contributed by atoms with Crippen molar-refractivity contribution in [2.75, 3.05) is 6.61 Å². The first-order valence-corrected chi connectivity index (χ1v) is 8.01. The predicted molar refractivity (Wildman–Crippen MR) is 82.9 cm³/mol. The second kappa shape index (κ2) is 5.96. The van der Waals surface area contributed by atoms with Gasteiger partial charge >= 0.3 is 0 Å². The minimum absolute atomic E-state index is 0.758. The zero-order chi connectivity index (χ0) is 13.9. The van der Waals surface area contributed by atoms with E-state index in [4.69, 9.17) is 10.00 Å². The summed E-state index contributed by atoms with van der Waals surface area (Å²) in [5.74, 6) is 1.03. The summed E-state index contributed by atoms with van der Waals surface area (Å²) in [6, 6.07) is 10.3. The van der Waals surface area contributed by atoms with Gasteiger partial charge in [0.15, 0.2) is 0 Å². The number of hydrogen-bond donors (Lipinski definition) is 1. The van der Waals surface area contributed by atoms with Crippen LogP contribution in [0.25, 0.3) is 0 Å². The Balaban J connectivity index is 1.66. The number of nitrogens with zero attached hydrogens (tertiary/aromatic N) is 1. The highest BCUT2D eigenvalue weighted by Gasteiger charge is 2.17. The molecule has 0 fully saturated rings. The average Bonchev–Trinajstić information content (AvgIpc) is 3.06. The lowest BCUT2D eigenvalue weighted by Crippen LogP contribution is -2.12. The Morgan fingerprint density at radius 1 is 1.35 bits per heavy atom. The van der Waals surface area contributed by atoms with Crippen molar-refractivity contribution in [1.82, 2.24) is 5.32 Å². The molecular formula is C15H13BrN2OS. The number of halogens is 1. The summed E-state index contributed by atoms with van der Waals surface area (Å²) in [4.78, 5) is 1.93. The van der Waals surface area contributed by atoms with Crippen LogP contribution in [0.4, 0.5) is 0 Å². The van der Waals surface area contributed by atoms with Gasteiger partial charge in [-0.3, -0.25) is 0 Å². The minimum Gasteiger partial charge on any atom is -0.493 e. The molecule has 1 aromatic heterocycles. The molecule has 1 aromatic carbocycles. The van der Waals surface area contributed by atoms with Crippen molar-refractivity contribution in [3.8, 4) is 11.8 Å². The molecule has 0 saturated carbocycles. The Bertz CT molecular complexity index is 675. The van der Waals surface area contributed by atoms with Gasteiger partial charge in [-0.05, 0) is 29.8 Å². The van der Waals surface area contributed by atoms with Crippen molar-refractivity contribution in [3.05, 3.63) is 49.6 Å². The van der Waals surface area contributed by atoms with E-state index in [9.17, 15) is 0 Å². The third kappa shape index (κ3) is 2.88. The fraction of sp³-hybridized carbons (Fsp3) is 0.267. The molecule has 0 saturated heterocycles. The Morgan fingerprint density at radius 3 is 3.05 bits per heavy atom. The summed E-state index contributed by atoms with van der Waals surface area (Å²) in [5.41, 5.74) is 2.46. The highest BCUT2D eigenvalue weighted by molar-refractivity contribution is 9.10. The van der Waals surface area contributed by atoms with Crippen LogP contribution >= 0.6 is 27.3 Å². The average molecular weight is 349 g/mol. The fourth-order valence-electron chi connectivity index (χ4n) is 2.33. The van der Waals surface area contributed by atoms with Gasteiger partial charge in [0.1, 0.15) is 16.7 Å². The van der Waals surface area contributed by atoms with E-state index in [1.807, 2.05) is 12.1 Å². The molecule has 2 heterocycles. The quantitative estimate of drug-likeness (QED) is 0.917. The normalized spacial score (nSPS) is 12.8. The van der Waals surface area contributed by atoms with Crippen LogP contribution < -0.4 is 10.1 Å². The first kappa shape index (κ1) is 13.6. The van der Waals surface area contributed by atoms with Crippen LogP contribution in [0.3, 0.4) is 0 Å². The van der Waals surface area contributed by atoms with E-state index < -0.39 is 0 Å². The number of hydrogen-bond acceptors (Lipinski definition) is 4. The van der Waals surface area contributed by atoms with Crippen LogP contribution in [0.2, 0.25) is 0 Å². The second-order valence-electron chi connectivity index (χ2n) is 4.63. The molecule has 1 N–H and O–H groups in total. The second-order valence-corrected chi connectivity index (χ2v) is 6.72. The van der Waals surface area contributed by atoms with Crippen molar-refractivity contribution in [1.29, 1.82) is 5.26 Å². The van der Waals surface area contributed by atoms with E-state index in [0.29, 0.717) is 0 Å². The first-order valence-electron chi connectivity index (χ1n) is 6.40. The molecule has 0 unspecified atom stereocenters. The van der Waals surface area contributed by atoms with Gasteiger partial charge in [-0.2, -0.15) is 5.26 Å². The molecule has 0 spiro atoms. The van der Waals surface area contributed by atoms with Gasteiger partial charge in [0.05, 0.1) is 6.61 Å². The van der Waals surface area contributed by atoms with E-state index in [0.717, 1.165) is 41.2 Å². The Morgan fingerprint density at radius 2 is 2.25 bits per heavy atom. The van der Waals surface area contributed by atoms with Gasteiger partial charge in [0.25, 0.3) is 0 Å². The number of ether oxygens (including phenoxy) is 1. The summed E-state index contributed by atoms with van der Waals surface area (Å²) < 4.78 is 6.81. The van der Waals surface area contributed by atoms with Crippen LogP contribution in [0.15, 0.2) is 28.7 Å². The monoisotopic (exact) mass is 348 g/mol. The Hall–Kier alpha value is -1.35. The summed E-state index contributed by atoms with van der Waals surface area (Å²) >= 11 is 5.08. The lowest BCUT2D eigenvalue weighted by Gasteiger charge is -2.09. The topological polar surface area (TPSA) is 45.0 Å². The molecule has 102 valence electrons. The van der Waals surface area contributed by atoms with Crippen LogP contribution in [0, 0.1) is 11.3 Å². The highest BCUT2D eigenvalue weighted by atomic mass is 79.9. The fourth-order valence-corrected chi connectivity index (χ4v) is 3.66. The van der Waals surface area contributed by atoms with Gasteiger partial charge in [-0.1, -0.05) is 15.9 Å². The molecule has 2 aromatic rings. The molecule has 3 nitrogen and oxygen atoms in total. The van der Waals surface area contributed by atoms with Gasteiger partial charge in [-0.25, -0.2) is 0 Å². The summed E-state index contributed by atoms with van der Waals surface area (Å²) in [6.07, 6.45) is 0.984.